The summed E-state index contributed by atoms with van der Waals surface area (Å²) in [5, 5.41) is 12.9. The Labute approximate surface area is 110 Å². The number of thiophene rings is 1. The Balaban J connectivity index is 2.01. The lowest BCUT2D eigenvalue weighted by Gasteiger charge is -2.06. The minimum Gasteiger partial charge on any atom is -0.394 e. The van der Waals surface area contributed by atoms with Crippen molar-refractivity contribution in [3.8, 4) is 0 Å². The Morgan fingerprint density at radius 1 is 1.39 bits per heavy atom. The predicted octanol–water partition coefficient (Wildman–Crippen LogP) is 1.67. The Bertz CT molecular complexity index is 501. The van der Waals surface area contributed by atoms with Gasteiger partial charge in [0.1, 0.15) is 17.0 Å². The van der Waals surface area contributed by atoms with Gasteiger partial charge in [-0.15, -0.1) is 11.3 Å². The van der Waals surface area contributed by atoms with Gasteiger partial charge in [-0.1, -0.05) is 6.92 Å². The van der Waals surface area contributed by atoms with Crippen LogP contribution >= 0.6 is 11.3 Å². The highest BCUT2D eigenvalue weighted by molar-refractivity contribution is 7.18. The van der Waals surface area contributed by atoms with Crippen LogP contribution in [0.2, 0.25) is 0 Å². The summed E-state index contributed by atoms with van der Waals surface area (Å²) in [5.74, 6) is 0.851. The van der Waals surface area contributed by atoms with Crippen molar-refractivity contribution in [1.29, 1.82) is 0 Å². The highest BCUT2D eigenvalue weighted by Gasteiger charge is 2.07. The molecule has 18 heavy (non-hydrogen) atoms. The monoisotopic (exact) mass is 267 g/mol. The standard InChI is InChI=1S/C12H17N3O2S/c1-2-9-7-10-11(13-3-5-17-6-4-16)14-8-15-12(10)18-9/h7-8,16H,2-6H2,1H3,(H,13,14,15). The second kappa shape index (κ2) is 6.63. The first-order valence-corrected chi connectivity index (χ1v) is 6.82. The molecule has 0 aliphatic rings. The van der Waals surface area contributed by atoms with Gasteiger partial charge in [0.25, 0.3) is 0 Å². The summed E-state index contributed by atoms with van der Waals surface area (Å²) >= 11 is 1.70. The molecule has 0 saturated carbocycles. The van der Waals surface area contributed by atoms with Crippen molar-refractivity contribution in [1.82, 2.24) is 9.97 Å². The van der Waals surface area contributed by atoms with Crippen LogP contribution in [0, 0.1) is 0 Å². The lowest BCUT2D eigenvalue weighted by Crippen LogP contribution is -2.12. The predicted molar refractivity (Wildman–Crippen MR) is 73.2 cm³/mol. The fraction of sp³-hybridized carbons (Fsp3) is 0.500. The highest BCUT2D eigenvalue weighted by atomic mass is 32.1. The number of aryl methyl sites for hydroxylation is 1. The molecule has 5 nitrogen and oxygen atoms in total. The summed E-state index contributed by atoms with van der Waals surface area (Å²) in [4.78, 5) is 10.8. The van der Waals surface area contributed by atoms with E-state index in [9.17, 15) is 0 Å². The number of aliphatic hydroxyl groups is 1. The molecule has 0 unspecified atom stereocenters. The Morgan fingerprint density at radius 2 is 2.28 bits per heavy atom. The summed E-state index contributed by atoms with van der Waals surface area (Å²) in [6.07, 6.45) is 2.59. The van der Waals surface area contributed by atoms with E-state index in [1.54, 1.807) is 17.7 Å². The molecule has 0 aliphatic carbocycles. The molecule has 0 atom stereocenters. The minimum absolute atomic E-state index is 0.0577. The first-order chi connectivity index (χ1) is 8.85. The third kappa shape index (κ3) is 3.16. The zero-order chi connectivity index (χ0) is 12.8. The van der Waals surface area contributed by atoms with Gasteiger partial charge in [0.15, 0.2) is 0 Å². The smallest absolute Gasteiger partial charge is 0.138 e. The van der Waals surface area contributed by atoms with Crippen LogP contribution in [0.25, 0.3) is 10.2 Å². The summed E-state index contributed by atoms with van der Waals surface area (Å²) in [5.41, 5.74) is 0. The zero-order valence-electron chi connectivity index (χ0n) is 10.3. The molecule has 0 aliphatic heterocycles. The molecule has 0 spiro atoms. The molecule has 0 radical (unpaired) electrons. The quantitative estimate of drug-likeness (QED) is 0.747. The molecule has 2 N–H and O–H groups in total. The molecule has 2 aromatic heterocycles. The molecule has 0 bridgehead atoms. The van der Waals surface area contributed by atoms with E-state index in [-0.39, 0.29) is 6.61 Å². The number of hydrogen-bond acceptors (Lipinski definition) is 6. The summed E-state index contributed by atoms with van der Waals surface area (Å²) in [7, 11) is 0. The number of aromatic nitrogens is 2. The van der Waals surface area contributed by atoms with Crippen molar-refractivity contribution in [3.63, 3.8) is 0 Å². The van der Waals surface area contributed by atoms with Crippen LogP contribution in [-0.2, 0) is 11.2 Å². The van der Waals surface area contributed by atoms with Gasteiger partial charge < -0.3 is 15.2 Å². The molecular formula is C12H17N3O2S. The van der Waals surface area contributed by atoms with Gasteiger partial charge in [-0.3, -0.25) is 0 Å². The molecule has 0 amide bonds. The van der Waals surface area contributed by atoms with E-state index in [0.717, 1.165) is 22.5 Å². The van der Waals surface area contributed by atoms with Crippen LogP contribution in [0.15, 0.2) is 12.4 Å². The second-order valence-corrected chi connectivity index (χ2v) is 4.89. The topological polar surface area (TPSA) is 67.3 Å². The normalized spacial score (nSPS) is 11.0. The maximum Gasteiger partial charge on any atom is 0.138 e. The van der Waals surface area contributed by atoms with E-state index in [0.29, 0.717) is 19.8 Å². The molecule has 98 valence electrons. The van der Waals surface area contributed by atoms with E-state index in [1.807, 2.05) is 0 Å². The van der Waals surface area contributed by atoms with Crippen molar-refractivity contribution in [2.45, 2.75) is 13.3 Å². The summed E-state index contributed by atoms with van der Waals surface area (Å²) in [6, 6.07) is 2.14. The Hall–Kier alpha value is -1.24. The van der Waals surface area contributed by atoms with Crippen molar-refractivity contribution in [2.75, 3.05) is 31.7 Å². The molecule has 2 heterocycles. The molecular weight excluding hydrogens is 250 g/mol. The lowest BCUT2D eigenvalue weighted by atomic mass is 10.3. The molecule has 6 heteroatoms. The third-order valence-corrected chi connectivity index (χ3v) is 3.69. The first kappa shape index (κ1) is 13.2. The number of anilines is 1. The fourth-order valence-electron chi connectivity index (χ4n) is 1.63. The van der Waals surface area contributed by atoms with Gasteiger partial charge in [-0.25, -0.2) is 9.97 Å². The average Bonchev–Trinajstić information content (AvgIpc) is 2.82. The average molecular weight is 267 g/mol. The number of ether oxygens (including phenoxy) is 1. The van der Waals surface area contributed by atoms with E-state index in [4.69, 9.17) is 9.84 Å². The highest BCUT2D eigenvalue weighted by Crippen LogP contribution is 2.28. The van der Waals surface area contributed by atoms with Crippen molar-refractivity contribution < 1.29 is 9.84 Å². The zero-order valence-corrected chi connectivity index (χ0v) is 11.2. The largest absolute Gasteiger partial charge is 0.394 e. The van der Waals surface area contributed by atoms with E-state index in [2.05, 4.69) is 28.3 Å². The lowest BCUT2D eigenvalue weighted by molar-refractivity contribution is 0.0992. The minimum atomic E-state index is 0.0577. The van der Waals surface area contributed by atoms with E-state index in [1.165, 1.54) is 4.88 Å². The molecule has 2 aromatic rings. The van der Waals surface area contributed by atoms with E-state index >= 15 is 0 Å². The number of nitrogens with zero attached hydrogens (tertiary/aromatic N) is 2. The number of fused-ring (bicyclic) bond motifs is 1. The van der Waals surface area contributed by atoms with Gasteiger partial charge in [0.2, 0.25) is 0 Å². The number of aliphatic hydroxyl groups excluding tert-OH is 1. The maximum absolute atomic E-state index is 8.59. The SMILES string of the molecule is CCc1cc2c(NCCOCCO)ncnc2s1. The van der Waals surface area contributed by atoms with Crippen molar-refractivity contribution in [3.05, 3.63) is 17.3 Å². The van der Waals surface area contributed by atoms with Gasteiger partial charge in [-0.2, -0.15) is 0 Å². The van der Waals surface area contributed by atoms with Crippen LogP contribution in [0.1, 0.15) is 11.8 Å². The summed E-state index contributed by atoms with van der Waals surface area (Å²) in [6.45, 7) is 3.79. The van der Waals surface area contributed by atoms with Crippen LogP contribution in [0.3, 0.4) is 0 Å². The second-order valence-electron chi connectivity index (χ2n) is 3.77. The van der Waals surface area contributed by atoms with E-state index < -0.39 is 0 Å². The van der Waals surface area contributed by atoms with Crippen LogP contribution in [0.5, 0.6) is 0 Å². The summed E-state index contributed by atoms with van der Waals surface area (Å²) < 4.78 is 5.19. The Morgan fingerprint density at radius 3 is 3.06 bits per heavy atom. The first-order valence-electron chi connectivity index (χ1n) is 6.01. The Kier molecular flexibility index (Phi) is 4.86. The molecule has 0 saturated heterocycles. The van der Waals surface area contributed by atoms with Crippen molar-refractivity contribution >= 4 is 27.4 Å². The number of nitrogens with one attached hydrogen (secondary N) is 1. The maximum atomic E-state index is 8.59. The molecule has 0 aromatic carbocycles. The van der Waals surface area contributed by atoms with Gasteiger partial charge in [0, 0.05) is 11.4 Å². The van der Waals surface area contributed by atoms with Gasteiger partial charge >= 0.3 is 0 Å². The number of hydrogen-bond donors (Lipinski definition) is 2. The number of rotatable bonds is 7. The van der Waals surface area contributed by atoms with Crippen molar-refractivity contribution in [2.24, 2.45) is 0 Å². The molecule has 2 rings (SSSR count). The van der Waals surface area contributed by atoms with Crippen LogP contribution in [-0.4, -0.2) is 41.4 Å². The fourth-order valence-corrected chi connectivity index (χ4v) is 2.56. The van der Waals surface area contributed by atoms with Gasteiger partial charge in [0.05, 0.1) is 25.2 Å². The van der Waals surface area contributed by atoms with Gasteiger partial charge in [-0.05, 0) is 12.5 Å². The van der Waals surface area contributed by atoms with Crippen LogP contribution in [0.4, 0.5) is 5.82 Å². The van der Waals surface area contributed by atoms with Crippen LogP contribution < -0.4 is 5.32 Å². The third-order valence-electron chi connectivity index (χ3n) is 2.50. The molecule has 0 fully saturated rings.